The number of aromatic nitrogens is 4. The predicted molar refractivity (Wildman–Crippen MR) is 104 cm³/mol. The Morgan fingerprint density at radius 3 is 2.48 bits per heavy atom. The number of hydrogen-bond donors (Lipinski definition) is 1. The molecule has 1 aliphatic rings. The van der Waals surface area contributed by atoms with E-state index in [1.54, 1.807) is 6.26 Å². The second-order valence-corrected chi connectivity index (χ2v) is 7.74. The molecule has 4 rings (SSSR count). The predicted octanol–water partition coefficient (Wildman–Crippen LogP) is 2.98. The number of likely N-dealkylation sites (tertiary alicyclic amines) is 1. The van der Waals surface area contributed by atoms with E-state index in [4.69, 9.17) is 4.52 Å². The van der Waals surface area contributed by atoms with Gasteiger partial charge in [0, 0.05) is 32.3 Å². The Balaban J connectivity index is 1.80. The molecule has 1 saturated heterocycles. The van der Waals surface area contributed by atoms with Crippen molar-refractivity contribution >= 4 is 17.7 Å². The second kappa shape index (κ2) is 7.61. The molecule has 1 aliphatic heterocycles. The highest BCUT2D eigenvalue weighted by atomic mass is 32.2. The topological polar surface area (TPSA) is 105 Å². The zero-order valence-electron chi connectivity index (χ0n) is 16.3. The van der Waals surface area contributed by atoms with Gasteiger partial charge in [-0.05, 0) is 24.5 Å². The first-order chi connectivity index (χ1) is 14.6. The summed E-state index contributed by atoms with van der Waals surface area (Å²) >= 11 is 1.24. The third-order valence-corrected chi connectivity index (χ3v) is 5.48. The van der Waals surface area contributed by atoms with Crippen LogP contribution in [0, 0.1) is 0 Å². The van der Waals surface area contributed by atoms with Crippen molar-refractivity contribution in [3.8, 4) is 22.8 Å². The van der Waals surface area contributed by atoms with Crippen molar-refractivity contribution < 1.29 is 27.6 Å². The van der Waals surface area contributed by atoms with Gasteiger partial charge in [-0.3, -0.25) is 4.79 Å². The van der Waals surface area contributed by atoms with Gasteiger partial charge in [-0.1, -0.05) is 16.9 Å². The van der Waals surface area contributed by atoms with Gasteiger partial charge in [0.05, 0.1) is 22.6 Å². The van der Waals surface area contributed by atoms with Crippen LogP contribution in [0.1, 0.15) is 17.7 Å². The van der Waals surface area contributed by atoms with E-state index >= 15 is 0 Å². The van der Waals surface area contributed by atoms with Crippen LogP contribution in [0.4, 0.5) is 13.2 Å². The number of likely N-dealkylation sites (N-methyl/N-ethyl adjacent to an activating group) is 1. The molecule has 12 heteroatoms. The first kappa shape index (κ1) is 21.2. The van der Waals surface area contributed by atoms with E-state index < -0.39 is 23.2 Å². The number of carbonyl (C=O) groups is 1. The first-order valence-electron chi connectivity index (χ1n) is 9.04. The van der Waals surface area contributed by atoms with Gasteiger partial charge < -0.3 is 14.5 Å². The maximum absolute atomic E-state index is 13.5. The summed E-state index contributed by atoms with van der Waals surface area (Å²) in [7, 11) is 1.53. The normalized spacial score (nSPS) is 19.3. The summed E-state index contributed by atoms with van der Waals surface area (Å²) in [6.07, 6.45) is -1.39. The number of halogens is 3. The molecular formula is C19H16F3N5O3S. The Morgan fingerprint density at radius 2 is 1.87 bits per heavy atom. The number of hydrogen-bond acceptors (Lipinski definition) is 8. The highest BCUT2D eigenvalue weighted by molar-refractivity contribution is 7.98. The number of carbonyl (C=O) groups excluding carboxylic acids is 1. The second-order valence-electron chi connectivity index (χ2n) is 6.97. The molecule has 1 amide bonds. The molecule has 0 aromatic carbocycles. The van der Waals surface area contributed by atoms with Gasteiger partial charge in [0.25, 0.3) is 5.91 Å². The minimum Gasteiger partial charge on any atom is -0.373 e. The standard InChI is InChI=1S/C19H16F3N5O3S/c1-27-6-4-18(29,16(27)28)15-9-14(26-30-15)13-8-10(19(20,21)22)7-12(24-13)11-3-5-23-17(25-11)31-2/h3,5,7-9,29H,4,6H2,1-2H3. The van der Waals surface area contributed by atoms with E-state index in [1.165, 1.54) is 42.0 Å². The molecule has 1 atom stereocenters. The van der Waals surface area contributed by atoms with Crippen LogP contribution in [0.25, 0.3) is 22.8 Å². The van der Waals surface area contributed by atoms with Crippen molar-refractivity contribution in [2.24, 2.45) is 0 Å². The van der Waals surface area contributed by atoms with Gasteiger partial charge in [0.2, 0.25) is 5.60 Å². The molecule has 4 heterocycles. The molecule has 31 heavy (non-hydrogen) atoms. The summed E-state index contributed by atoms with van der Waals surface area (Å²) in [4.78, 5) is 26.1. The van der Waals surface area contributed by atoms with Crippen LogP contribution in [0.15, 0.2) is 40.1 Å². The third-order valence-electron chi connectivity index (χ3n) is 4.92. The average Bonchev–Trinajstić information content (AvgIpc) is 3.35. The van der Waals surface area contributed by atoms with Crippen molar-refractivity contribution in [2.75, 3.05) is 19.8 Å². The van der Waals surface area contributed by atoms with Gasteiger partial charge in [0.15, 0.2) is 10.9 Å². The molecule has 0 radical (unpaired) electrons. The first-order valence-corrected chi connectivity index (χ1v) is 10.3. The van der Waals surface area contributed by atoms with Crippen molar-refractivity contribution in [2.45, 2.75) is 23.4 Å². The van der Waals surface area contributed by atoms with E-state index in [0.29, 0.717) is 11.7 Å². The van der Waals surface area contributed by atoms with Crippen molar-refractivity contribution in [1.82, 2.24) is 25.0 Å². The van der Waals surface area contributed by atoms with E-state index in [1.807, 2.05) is 0 Å². The van der Waals surface area contributed by atoms with E-state index in [9.17, 15) is 23.1 Å². The SMILES string of the molecule is CSc1nccc(-c2cc(C(F)(F)F)cc(-c3cc(C4(O)CCN(C)C4=O)on3)n2)n1. The van der Waals surface area contributed by atoms with Crippen molar-refractivity contribution in [3.05, 3.63) is 41.8 Å². The Morgan fingerprint density at radius 1 is 1.16 bits per heavy atom. The summed E-state index contributed by atoms with van der Waals surface area (Å²) in [5.74, 6) is -0.720. The largest absolute Gasteiger partial charge is 0.416 e. The van der Waals surface area contributed by atoms with Crippen LogP contribution < -0.4 is 0 Å². The minimum atomic E-state index is -4.64. The van der Waals surface area contributed by atoms with Gasteiger partial charge in [-0.25, -0.2) is 15.0 Å². The number of aliphatic hydroxyl groups is 1. The van der Waals surface area contributed by atoms with Crippen LogP contribution in [-0.4, -0.2) is 55.9 Å². The van der Waals surface area contributed by atoms with Crippen LogP contribution in [0.5, 0.6) is 0 Å². The van der Waals surface area contributed by atoms with Gasteiger partial charge in [0.1, 0.15) is 5.69 Å². The summed E-state index contributed by atoms with van der Waals surface area (Å²) in [6, 6.07) is 4.40. The quantitative estimate of drug-likeness (QED) is 0.477. The lowest BCUT2D eigenvalue weighted by molar-refractivity contribution is -0.144. The van der Waals surface area contributed by atoms with Crippen LogP contribution in [-0.2, 0) is 16.6 Å². The Bertz CT molecular complexity index is 1150. The summed E-state index contributed by atoms with van der Waals surface area (Å²) < 4.78 is 45.7. The number of pyridine rings is 1. The molecule has 0 bridgehead atoms. The fraction of sp³-hybridized carbons (Fsp3) is 0.316. The lowest BCUT2D eigenvalue weighted by atomic mass is 9.98. The highest BCUT2D eigenvalue weighted by Gasteiger charge is 2.48. The number of alkyl halides is 3. The molecule has 1 unspecified atom stereocenters. The summed E-state index contributed by atoms with van der Waals surface area (Å²) in [6.45, 7) is 0.308. The molecular weight excluding hydrogens is 435 g/mol. The summed E-state index contributed by atoms with van der Waals surface area (Å²) in [5.41, 5.74) is -2.85. The molecule has 1 N–H and O–H groups in total. The van der Waals surface area contributed by atoms with E-state index in [2.05, 4.69) is 20.1 Å². The van der Waals surface area contributed by atoms with Crippen LogP contribution >= 0.6 is 11.8 Å². The van der Waals surface area contributed by atoms with Crippen LogP contribution in [0.3, 0.4) is 0 Å². The zero-order valence-corrected chi connectivity index (χ0v) is 17.2. The zero-order chi connectivity index (χ0) is 22.4. The Kier molecular flexibility index (Phi) is 5.21. The number of amides is 1. The monoisotopic (exact) mass is 451 g/mol. The average molecular weight is 451 g/mol. The summed E-state index contributed by atoms with van der Waals surface area (Å²) in [5, 5.41) is 14.8. The minimum absolute atomic E-state index is 0.0255. The highest BCUT2D eigenvalue weighted by Crippen LogP contribution is 2.37. The maximum atomic E-state index is 13.5. The Labute approximate surface area is 178 Å². The van der Waals surface area contributed by atoms with Gasteiger partial charge in [-0.15, -0.1) is 0 Å². The lowest BCUT2D eigenvalue weighted by Crippen LogP contribution is -2.35. The fourth-order valence-corrected chi connectivity index (χ4v) is 3.57. The Hall–Kier alpha value is -2.99. The number of rotatable bonds is 4. The molecule has 162 valence electrons. The number of nitrogens with zero attached hydrogens (tertiary/aromatic N) is 5. The van der Waals surface area contributed by atoms with Gasteiger partial charge >= 0.3 is 6.18 Å². The maximum Gasteiger partial charge on any atom is 0.416 e. The molecule has 8 nitrogen and oxygen atoms in total. The molecule has 1 fully saturated rings. The molecule has 3 aromatic rings. The molecule has 0 saturated carbocycles. The molecule has 3 aromatic heterocycles. The van der Waals surface area contributed by atoms with Crippen molar-refractivity contribution in [3.63, 3.8) is 0 Å². The third kappa shape index (κ3) is 3.88. The smallest absolute Gasteiger partial charge is 0.373 e. The lowest BCUT2D eigenvalue weighted by Gasteiger charge is -2.16. The fourth-order valence-electron chi connectivity index (χ4n) is 3.21. The van der Waals surface area contributed by atoms with Gasteiger partial charge in [-0.2, -0.15) is 13.2 Å². The van der Waals surface area contributed by atoms with E-state index in [-0.39, 0.29) is 35.0 Å². The van der Waals surface area contributed by atoms with Crippen molar-refractivity contribution in [1.29, 1.82) is 0 Å². The molecule has 0 spiro atoms. The number of thioether (sulfide) groups is 1. The molecule has 0 aliphatic carbocycles. The van der Waals surface area contributed by atoms with Crippen LogP contribution in [0.2, 0.25) is 0 Å². The van der Waals surface area contributed by atoms with E-state index in [0.717, 1.165) is 12.1 Å².